The van der Waals surface area contributed by atoms with E-state index in [1.54, 1.807) is 0 Å². The second-order valence-electron chi connectivity index (χ2n) is 4.32. The molecule has 1 unspecified atom stereocenters. The minimum Gasteiger partial charge on any atom is -0.323 e. The molecule has 2 N–H and O–H groups in total. The van der Waals surface area contributed by atoms with Crippen LogP contribution in [-0.4, -0.2) is 30.2 Å². The molecule has 1 aromatic heterocycles. The van der Waals surface area contributed by atoms with Gasteiger partial charge in [-0.25, -0.2) is 4.39 Å². The molecule has 0 aromatic carbocycles. The molecule has 2 rings (SSSR count). The molecule has 0 spiro atoms. The molecule has 1 amide bonds. The second-order valence-corrected chi connectivity index (χ2v) is 4.32. The normalized spacial score (nSPS) is 23.4. The van der Waals surface area contributed by atoms with Gasteiger partial charge in [-0.15, -0.1) is 0 Å². The minimum absolute atomic E-state index is 0.0890. The summed E-state index contributed by atoms with van der Waals surface area (Å²) in [6, 6.07) is 1.11. The van der Waals surface area contributed by atoms with Gasteiger partial charge in [-0.2, -0.15) is 13.2 Å². The van der Waals surface area contributed by atoms with E-state index < -0.39 is 29.9 Å². The van der Waals surface area contributed by atoms with Gasteiger partial charge >= 0.3 is 6.18 Å². The van der Waals surface area contributed by atoms with Crippen LogP contribution in [0.3, 0.4) is 0 Å². The van der Waals surface area contributed by atoms with E-state index in [2.05, 4.69) is 10.3 Å². The van der Waals surface area contributed by atoms with Crippen LogP contribution in [0.4, 0.5) is 23.2 Å². The number of hydrogen-bond acceptors (Lipinski definition) is 3. The summed E-state index contributed by atoms with van der Waals surface area (Å²) in [6.45, 7) is -0.416. The van der Waals surface area contributed by atoms with Crippen molar-refractivity contribution in [3.63, 3.8) is 0 Å². The van der Waals surface area contributed by atoms with Crippen LogP contribution in [0.25, 0.3) is 0 Å². The third-order valence-electron chi connectivity index (χ3n) is 3.15. The third kappa shape index (κ3) is 2.40. The predicted molar refractivity (Wildman–Crippen MR) is 58.8 cm³/mol. The Morgan fingerprint density at radius 1 is 1.47 bits per heavy atom. The first kappa shape index (κ1) is 13.7. The van der Waals surface area contributed by atoms with Crippen molar-refractivity contribution in [2.24, 2.45) is 5.41 Å². The fourth-order valence-corrected chi connectivity index (χ4v) is 1.97. The zero-order chi connectivity index (χ0) is 14.1. The number of carbonyl (C=O) groups excluding carboxylic acids is 1. The topological polar surface area (TPSA) is 54.0 Å². The van der Waals surface area contributed by atoms with Gasteiger partial charge in [0.15, 0.2) is 11.2 Å². The fraction of sp³-hybridized carbons (Fsp3) is 0.455. The third-order valence-corrected chi connectivity index (χ3v) is 3.15. The number of aromatic nitrogens is 1. The van der Waals surface area contributed by atoms with Gasteiger partial charge in [-0.05, 0) is 19.0 Å². The molecule has 2 heterocycles. The molecule has 0 radical (unpaired) electrons. The highest BCUT2D eigenvalue weighted by Gasteiger charge is 2.61. The molecule has 1 saturated heterocycles. The van der Waals surface area contributed by atoms with Crippen LogP contribution in [0.15, 0.2) is 18.5 Å². The summed E-state index contributed by atoms with van der Waals surface area (Å²) in [7, 11) is 0. The first-order valence-electron chi connectivity index (χ1n) is 5.55. The molecule has 104 valence electrons. The Bertz CT molecular complexity index is 483. The van der Waals surface area contributed by atoms with Crippen molar-refractivity contribution in [3.05, 3.63) is 24.3 Å². The van der Waals surface area contributed by atoms with Crippen LogP contribution in [0.1, 0.15) is 6.42 Å². The summed E-state index contributed by atoms with van der Waals surface area (Å²) in [6.07, 6.45) is -3.05. The lowest BCUT2D eigenvalue weighted by molar-refractivity contribution is -0.213. The molecule has 0 bridgehead atoms. The Morgan fingerprint density at radius 3 is 2.74 bits per heavy atom. The van der Waals surface area contributed by atoms with Gasteiger partial charge in [0.1, 0.15) is 0 Å². The van der Waals surface area contributed by atoms with Gasteiger partial charge in [0.2, 0.25) is 5.91 Å². The average molecular weight is 277 g/mol. The lowest BCUT2D eigenvalue weighted by Crippen LogP contribution is -2.49. The van der Waals surface area contributed by atoms with Gasteiger partial charge in [0, 0.05) is 12.7 Å². The highest BCUT2D eigenvalue weighted by atomic mass is 19.4. The van der Waals surface area contributed by atoms with E-state index >= 15 is 0 Å². The lowest BCUT2D eigenvalue weighted by Gasteiger charge is -2.29. The number of anilines is 1. The number of hydrogen-bond donors (Lipinski definition) is 2. The van der Waals surface area contributed by atoms with E-state index in [0.717, 1.165) is 12.3 Å². The van der Waals surface area contributed by atoms with E-state index in [1.807, 2.05) is 5.32 Å². The Labute approximate surface area is 106 Å². The van der Waals surface area contributed by atoms with E-state index in [1.165, 1.54) is 6.20 Å². The SMILES string of the molecule is O=C(Nc1ccncc1F)C1(C(F)(F)F)CCNC1. The zero-order valence-electron chi connectivity index (χ0n) is 9.72. The molecule has 0 aliphatic carbocycles. The van der Waals surface area contributed by atoms with E-state index in [4.69, 9.17) is 0 Å². The summed E-state index contributed by atoms with van der Waals surface area (Å²) in [5, 5.41) is 4.50. The van der Waals surface area contributed by atoms with Crippen LogP contribution in [0.2, 0.25) is 0 Å². The van der Waals surface area contributed by atoms with Crippen molar-refractivity contribution < 1.29 is 22.4 Å². The van der Waals surface area contributed by atoms with E-state index in [0.29, 0.717) is 0 Å². The summed E-state index contributed by atoms with van der Waals surface area (Å²) in [4.78, 5) is 15.3. The largest absolute Gasteiger partial charge is 0.404 e. The van der Waals surface area contributed by atoms with E-state index in [-0.39, 0.29) is 18.7 Å². The molecule has 0 saturated carbocycles. The van der Waals surface area contributed by atoms with Crippen molar-refractivity contribution in [2.75, 3.05) is 18.4 Å². The molecule has 19 heavy (non-hydrogen) atoms. The molecule has 1 fully saturated rings. The van der Waals surface area contributed by atoms with E-state index in [9.17, 15) is 22.4 Å². The predicted octanol–water partition coefficient (Wildman–Crippen LogP) is 1.70. The van der Waals surface area contributed by atoms with Crippen LogP contribution < -0.4 is 10.6 Å². The Kier molecular flexibility index (Phi) is 3.44. The van der Waals surface area contributed by atoms with Gasteiger partial charge in [0.05, 0.1) is 11.9 Å². The molecular formula is C11H11F4N3O. The van der Waals surface area contributed by atoms with Crippen LogP contribution in [-0.2, 0) is 4.79 Å². The minimum atomic E-state index is -4.69. The lowest BCUT2D eigenvalue weighted by atomic mass is 9.85. The summed E-state index contributed by atoms with van der Waals surface area (Å²) >= 11 is 0. The zero-order valence-corrected chi connectivity index (χ0v) is 9.72. The second kappa shape index (κ2) is 4.76. The number of carbonyl (C=O) groups is 1. The van der Waals surface area contributed by atoms with Crippen molar-refractivity contribution >= 4 is 11.6 Å². The average Bonchev–Trinajstić information content (AvgIpc) is 2.82. The number of nitrogens with one attached hydrogen (secondary N) is 2. The maximum Gasteiger partial charge on any atom is 0.404 e. The highest BCUT2D eigenvalue weighted by Crippen LogP contribution is 2.43. The molecule has 1 aromatic rings. The number of halogens is 4. The number of rotatable bonds is 2. The van der Waals surface area contributed by atoms with Crippen molar-refractivity contribution in [1.82, 2.24) is 10.3 Å². The molecule has 1 aliphatic heterocycles. The number of pyridine rings is 1. The van der Waals surface area contributed by atoms with Gasteiger partial charge in [0.25, 0.3) is 0 Å². The molecule has 1 atom stereocenters. The molecule has 1 aliphatic rings. The van der Waals surface area contributed by atoms with Gasteiger partial charge in [-0.3, -0.25) is 9.78 Å². The first-order valence-corrected chi connectivity index (χ1v) is 5.55. The van der Waals surface area contributed by atoms with Crippen molar-refractivity contribution in [1.29, 1.82) is 0 Å². The maximum atomic E-state index is 13.3. The Hall–Kier alpha value is -1.70. The Morgan fingerprint density at radius 2 is 2.21 bits per heavy atom. The summed E-state index contributed by atoms with van der Waals surface area (Å²) in [5.41, 5.74) is -2.82. The van der Waals surface area contributed by atoms with Crippen molar-refractivity contribution in [3.8, 4) is 0 Å². The van der Waals surface area contributed by atoms with Crippen LogP contribution in [0, 0.1) is 11.2 Å². The van der Waals surface area contributed by atoms with Crippen LogP contribution in [0.5, 0.6) is 0 Å². The van der Waals surface area contributed by atoms with Gasteiger partial charge < -0.3 is 10.6 Å². The van der Waals surface area contributed by atoms with Crippen LogP contribution >= 0.6 is 0 Å². The smallest absolute Gasteiger partial charge is 0.323 e. The number of nitrogens with zero attached hydrogens (tertiary/aromatic N) is 1. The molecule has 4 nitrogen and oxygen atoms in total. The molecular weight excluding hydrogens is 266 g/mol. The summed E-state index contributed by atoms with van der Waals surface area (Å²) < 4.78 is 52.5. The maximum absolute atomic E-state index is 13.3. The highest BCUT2D eigenvalue weighted by molar-refractivity contribution is 5.96. The monoisotopic (exact) mass is 277 g/mol. The number of amides is 1. The molecule has 8 heteroatoms. The standard InChI is InChI=1S/C11H11F4N3O/c12-7-5-16-3-1-8(7)18-9(19)10(11(13,14)15)2-4-17-6-10/h1,3,5,17H,2,4,6H2,(H,16,18,19). The Balaban J connectivity index is 2.25. The van der Waals surface area contributed by atoms with Gasteiger partial charge in [-0.1, -0.05) is 0 Å². The quantitative estimate of drug-likeness (QED) is 0.809. The van der Waals surface area contributed by atoms with Crippen molar-refractivity contribution in [2.45, 2.75) is 12.6 Å². The number of alkyl halides is 3. The first-order chi connectivity index (χ1) is 8.87. The summed E-state index contributed by atoms with van der Waals surface area (Å²) in [5.74, 6) is -2.13. The fourth-order valence-electron chi connectivity index (χ4n) is 1.97.